The van der Waals surface area contributed by atoms with E-state index in [1.807, 2.05) is 0 Å². The van der Waals surface area contributed by atoms with Crippen LogP contribution in [-0.4, -0.2) is 37.1 Å². The number of hydrogen-bond donors (Lipinski definition) is 1. The van der Waals surface area contributed by atoms with E-state index >= 15 is 0 Å². The molecule has 0 aliphatic heterocycles. The molecule has 7 heteroatoms. The average molecular weight is 307 g/mol. The van der Waals surface area contributed by atoms with E-state index in [0.717, 1.165) is 0 Å². The zero-order valence-electron chi connectivity index (χ0n) is 6.10. The SMILES string of the molecule is OC1[C@@H](Cl)[C@H](Cl)C(Cl)(Cl)[C@H](Cl)[C@H]1Cl. The predicted molar refractivity (Wildman–Crippen MR) is 59.0 cm³/mol. The van der Waals surface area contributed by atoms with Crippen LogP contribution in [0.25, 0.3) is 0 Å². The largest absolute Gasteiger partial charge is 0.390 e. The molecule has 1 saturated carbocycles. The monoisotopic (exact) mass is 304 g/mol. The second-order valence-electron chi connectivity index (χ2n) is 2.86. The number of aliphatic hydroxyl groups is 1. The lowest BCUT2D eigenvalue weighted by Crippen LogP contribution is -2.59. The first-order valence-electron chi connectivity index (χ1n) is 3.42. The lowest BCUT2D eigenvalue weighted by Gasteiger charge is -2.43. The lowest BCUT2D eigenvalue weighted by atomic mass is 9.94. The molecule has 1 nitrogen and oxygen atoms in total. The third-order valence-electron chi connectivity index (χ3n) is 1.95. The lowest BCUT2D eigenvalue weighted by molar-refractivity contribution is 0.139. The Morgan fingerprint density at radius 1 is 0.846 bits per heavy atom. The van der Waals surface area contributed by atoms with Gasteiger partial charge in [-0.1, -0.05) is 23.2 Å². The molecule has 5 atom stereocenters. The van der Waals surface area contributed by atoms with Crippen molar-refractivity contribution < 1.29 is 5.11 Å². The van der Waals surface area contributed by atoms with E-state index in [2.05, 4.69) is 0 Å². The molecule has 1 N–H and O–H groups in total. The highest BCUT2D eigenvalue weighted by atomic mass is 35.5. The fraction of sp³-hybridized carbons (Fsp3) is 1.00. The third-order valence-corrected chi connectivity index (χ3v) is 5.84. The van der Waals surface area contributed by atoms with Gasteiger partial charge < -0.3 is 5.11 Å². The predicted octanol–water partition coefficient (Wildman–Crippen LogP) is 2.96. The molecule has 1 rings (SSSR count). The number of alkyl halides is 6. The highest BCUT2D eigenvalue weighted by Gasteiger charge is 2.56. The topological polar surface area (TPSA) is 20.2 Å². The number of aliphatic hydroxyl groups excluding tert-OH is 1. The Bertz CT molecular complexity index is 180. The van der Waals surface area contributed by atoms with Crippen molar-refractivity contribution in [3.05, 3.63) is 0 Å². The summed E-state index contributed by atoms with van der Waals surface area (Å²) in [5.74, 6) is 0. The van der Waals surface area contributed by atoms with Crippen molar-refractivity contribution in [3.8, 4) is 0 Å². The quantitative estimate of drug-likeness (QED) is 0.682. The fourth-order valence-electron chi connectivity index (χ4n) is 1.10. The molecule has 1 aliphatic rings. The Labute approximate surface area is 106 Å². The number of rotatable bonds is 0. The average Bonchev–Trinajstić information content (AvgIpc) is 2.09. The van der Waals surface area contributed by atoms with E-state index in [1.54, 1.807) is 0 Å². The van der Waals surface area contributed by atoms with Crippen molar-refractivity contribution >= 4 is 69.6 Å². The van der Waals surface area contributed by atoms with E-state index in [4.69, 9.17) is 69.6 Å². The van der Waals surface area contributed by atoms with Gasteiger partial charge in [0.15, 0.2) is 4.33 Å². The number of hydrogen-bond acceptors (Lipinski definition) is 1. The van der Waals surface area contributed by atoms with Gasteiger partial charge in [0.05, 0.1) is 27.6 Å². The van der Waals surface area contributed by atoms with Gasteiger partial charge in [0, 0.05) is 0 Å². The molecule has 0 bridgehead atoms. The minimum absolute atomic E-state index is 0.811. The fourth-order valence-corrected chi connectivity index (χ4v) is 3.32. The van der Waals surface area contributed by atoms with Crippen molar-refractivity contribution in [1.82, 2.24) is 0 Å². The summed E-state index contributed by atoms with van der Waals surface area (Å²) >= 11 is 34.9. The second-order valence-corrected chi connectivity index (χ2v) is 6.25. The maximum absolute atomic E-state index is 9.47. The molecule has 1 fully saturated rings. The molecule has 0 spiro atoms. The van der Waals surface area contributed by atoms with Crippen LogP contribution in [0.5, 0.6) is 0 Å². The molecule has 0 aromatic heterocycles. The maximum atomic E-state index is 9.47. The third kappa shape index (κ3) is 2.13. The molecule has 0 aromatic carbocycles. The van der Waals surface area contributed by atoms with Crippen LogP contribution in [0, 0.1) is 0 Å². The van der Waals surface area contributed by atoms with E-state index in [1.165, 1.54) is 0 Å². The van der Waals surface area contributed by atoms with Gasteiger partial charge >= 0.3 is 0 Å². The van der Waals surface area contributed by atoms with Crippen LogP contribution in [0.2, 0.25) is 0 Å². The van der Waals surface area contributed by atoms with Gasteiger partial charge in [-0.05, 0) is 0 Å². The molecular formula is C6H6Cl6O. The van der Waals surface area contributed by atoms with Crippen molar-refractivity contribution in [2.45, 2.75) is 31.9 Å². The summed E-state index contributed by atoms with van der Waals surface area (Å²) in [5, 5.41) is 6.16. The van der Waals surface area contributed by atoms with Crippen LogP contribution >= 0.6 is 69.6 Å². The molecule has 0 saturated heterocycles. The molecular weight excluding hydrogens is 301 g/mol. The molecule has 78 valence electrons. The van der Waals surface area contributed by atoms with Crippen LogP contribution in [-0.2, 0) is 0 Å². The Morgan fingerprint density at radius 2 is 1.15 bits per heavy atom. The van der Waals surface area contributed by atoms with E-state index in [0.29, 0.717) is 0 Å². The van der Waals surface area contributed by atoms with Gasteiger partial charge in [0.1, 0.15) is 0 Å². The van der Waals surface area contributed by atoms with Crippen molar-refractivity contribution in [1.29, 1.82) is 0 Å². The van der Waals surface area contributed by atoms with Crippen molar-refractivity contribution in [2.24, 2.45) is 0 Å². The van der Waals surface area contributed by atoms with E-state index in [-0.39, 0.29) is 0 Å². The second kappa shape index (κ2) is 4.29. The molecule has 13 heavy (non-hydrogen) atoms. The molecule has 0 radical (unpaired) electrons. The normalized spacial score (nSPS) is 50.5. The zero-order chi connectivity index (χ0) is 10.4. The summed E-state index contributed by atoms with van der Waals surface area (Å²) in [6.07, 6.45) is -1.01. The first kappa shape index (κ1) is 12.8. The standard InChI is InChI=1S/C6H6Cl6O/c7-1-3(13)2(8)5(10)6(11,12)4(1)9/h1-5,13H/t1-,2+,3?,4+,5-. The first-order valence-corrected chi connectivity index (χ1v) is 5.92. The highest BCUT2D eigenvalue weighted by Crippen LogP contribution is 2.47. The molecule has 0 heterocycles. The molecule has 1 unspecified atom stereocenters. The van der Waals surface area contributed by atoms with E-state index < -0.39 is 31.9 Å². The molecule has 0 aromatic rings. The van der Waals surface area contributed by atoms with Crippen LogP contribution in [0.15, 0.2) is 0 Å². The van der Waals surface area contributed by atoms with Gasteiger partial charge in [-0.25, -0.2) is 0 Å². The van der Waals surface area contributed by atoms with Gasteiger partial charge in [-0.15, -0.1) is 46.4 Å². The van der Waals surface area contributed by atoms with Crippen molar-refractivity contribution in [3.63, 3.8) is 0 Å². The molecule has 1 aliphatic carbocycles. The maximum Gasteiger partial charge on any atom is 0.153 e. The van der Waals surface area contributed by atoms with Crippen molar-refractivity contribution in [2.75, 3.05) is 0 Å². The summed E-state index contributed by atoms with van der Waals surface area (Å²) < 4.78 is -1.43. The summed E-state index contributed by atoms with van der Waals surface area (Å²) in [4.78, 5) is 0. The smallest absolute Gasteiger partial charge is 0.153 e. The zero-order valence-corrected chi connectivity index (χ0v) is 10.6. The minimum Gasteiger partial charge on any atom is -0.390 e. The van der Waals surface area contributed by atoms with Crippen LogP contribution in [0.1, 0.15) is 0 Å². The Kier molecular flexibility index (Phi) is 4.21. The summed E-state index contributed by atoms with van der Waals surface area (Å²) in [6.45, 7) is 0. The minimum atomic E-state index is -1.43. The van der Waals surface area contributed by atoms with E-state index in [9.17, 15) is 5.11 Å². The summed E-state index contributed by atoms with van der Waals surface area (Å²) in [7, 11) is 0. The van der Waals surface area contributed by atoms with Crippen LogP contribution in [0.3, 0.4) is 0 Å². The number of halogens is 6. The van der Waals surface area contributed by atoms with Crippen LogP contribution < -0.4 is 0 Å². The Balaban J connectivity index is 2.93. The summed E-state index contributed by atoms with van der Waals surface area (Å²) in [6, 6.07) is 0. The van der Waals surface area contributed by atoms with Gasteiger partial charge in [-0.3, -0.25) is 0 Å². The van der Waals surface area contributed by atoms with Gasteiger partial charge in [0.25, 0.3) is 0 Å². The van der Waals surface area contributed by atoms with Crippen LogP contribution in [0.4, 0.5) is 0 Å². The Hall–Kier alpha value is 1.70. The molecule has 0 amide bonds. The summed E-state index contributed by atoms with van der Waals surface area (Å²) in [5.41, 5.74) is 0. The first-order chi connectivity index (χ1) is 5.80. The Morgan fingerprint density at radius 3 is 1.46 bits per heavy atom. The van der Waals surface area contributed by atoms with Gasteiger partial charge in [-0.2, -0.15) is 0 Å². The van der Waals surface area contributed by atoms with Gasteiger partial charge in [0.2, 0.25) is 0 Å². The highest BCUT2D eigenvalue weighted by molar-refractivity contribution is 6.58.